The van der Waals surface area contributed by atoms with E-state index in [-0.39, 0.29) is 29.1 Å². The number of nitrogens with one attached hydrogen (secondary N) is 2. The van der Waals surface area contributed by atoms with Crippen LogP contribution in [-0.4, -0.2) is 27.7 Å². The van der Waals surface area contributed by atoms with Crippen LogP contribution in [0.5, 0.6) is 0 Å². The molecule has 6 nitrogen and oxygen atoms in total. The Labute approximate surface area is 133 Å². The predicted molar refractivity (Wildman–Crippen MR) is 86.5 cm³/mol. The number of nitrogens with zero attached hydrogens (tertiary/aromatic N) is 1. The highest BCUT2D eigenvalue weighted by molar-refractivity contribution is 7.99. The molecule has 4 atom stereocenters. The highest BCUT2D eigenvalue weighted by Crippen LogP contribution is 2.49. The molecule has 1 aromatic heterocycles. The maximum absolute atomic E-state index is 12.1. The average Bonchev–Trinajstić information content (AvgIpc) is 3.06. The number of rotatable bonds is 5. The van der Waals surface area contributed by atoms with Gasteiger partial charge in [-0.2, -0.15) is 0 Å². The van der Waals surface area contributed by atoms with Gasteiger partial charge in [-0.15, -0.1) is 0 Å². The molecule has 2 bridgehead atoms. The number of nitrogen functional groups attached to an aromatic ring is 1. The molecule has 4 unspecified atom stereocenters. The van der Waals surface area contributed by atoms with Crippen LogP contribution in [0.1, 0.15) is 32.6 Å². The first kappa shape index (κ1) is 15.4. The number of nitrogens with two attached hydrogens (primary N) is 1. The summed E-state index contributed by atoms with van der Waals surface area (Å²) in [6, 6.07) is 1.44. The number of carbonyl (C=O) groups is 1. The molecule has 2 aliphatic rings. The summed E-state index contributed by atoms with van der Waals surface area (Å²) in [6.45, 7) is 2.11. The van der Waals surface area contributed by atoms with Gasteiger partial charge in [0.1, 0.15) is 5.82 Å². The zero-order valence-electron chi connectivity index (χ0n) is 12.7. The number of carbonyl (C=O) groups excluding carboxylic acids is 1. The summed E-state index contributed by atoms with van der Waals surface area (Å²) in [5.74, 6) is 2.67. The molecule has 22 heavy (non-hydrogen) atoms. The van der Waals surface area contributed by atoms with E-state index in [0.29, 0.717) is 11.1 Å². The van der Waals surface area contributed by atoms with Gasteiger partial charge in [0.15, 0.2) is 5.16 Å². The maximum Gasteiger partial charge on any atom is 0.253 e. The zero-order chi connectivity index (χ0) is 15.7. The number of hydrogen-bond acceptors (Lipinski definition) is 5. The smallest absolute Gasteiger partial charge is 0.253 e. The summed E-state index contributed by atoms with van der Waals surface area (Å²) in [4.78, 5) is 29.9. The van der Waals surface area contributed by atoms with Gasteiger partial charge in [0, 0.05) is 12.1 Å². The molecule has 7 heteroatoms. The Morgan fingerprint density at radius 3 is 3.00 bits per heavy atom. The number of thioether (sulfide) groups is 1. The van der Waals surface area contributed by atoms with Crippen molar-refractivity contribution in [2.24, 2.45) is 17.8 Å². The molecular weight excluding hydrogens is 300 g/mol. The van der Waals surface area contributed by atoms with Crippen LogP contribution >= 0.6 is 11.8 Å². The standard InChI is InChI=1S/C15H22N4O2S/c1-8(11-5-9-2-3-10(11)4-9)17-14(21)7-22-15-18-12(16)6-13(20)19-15/h6,8-11H,2-5,7H2,1H3,(H,17,21)(H3,16,18,19,20). The van der Waals surface area contributed by atoms with Crippen molar-refractivity contribution in [1.82, 2.24) is 15.3 Å². The quantitative estimate of drug-likeness (QED) is 0.562. The lowest BCUT2D eigenvalue weighted by Crippen LogP contribution is -2.40. The predicted octanol–water partition coefficient (Wildman–Crippen LogP) is 1.39. The molecule has 2 fully saturated rings. The topological polar surface area (TPSA) is 101 Å². The molecule has 120 valence electrons. The SMILES string of the molecule is CC(NC(=O)CSc1nc(N)cc(=O)[nH]1)C1CC2CCC1C2. The largest absolute Gasteiger partial charge is 0.383 e. The van der Waals surface area contributed by atoms with Gasteiger partial charge in [0.05, 0.1) is 5.75 Å². The third-order valence-electron chi connectivity index (χ3n) is 4.90. The number of hydrogen-bond donors (Lipinski definition) is 3. The van der Waals surface area contributed by atoms with E-state index in [1.165, 1.54) is 43.5 Å². The number of anilines is 1. The molecule has 2 aliphatic carbocycles. The Morgan fingerprint density at radius 1 is 1.55 bits per heavy atom. The molecule has 4 N–H and O–H groups in total. The van der Waals surface area contributed by atoms with Crippen LogP contribution < -0.4 is 16.6 Å². The lowest BCUT2D eigenvalue weighted by molar-refractivity contribution is -0.119. The third kappa shape index (κ3) is 3.45. The average molecular weight is 322 g/mol. The normalized spacial score (nSPS) is 27.8. The van der Waals surface area contributed by atoms with Crippen molar-refractivity contribution in [3.05, 3.63) is 16.4 Å². The van der Waals surface area contributed by atoms with E-state index in [2.05, 4.69) is 22.2 Å². The lowest BCUT2D eigenvalue weighted by Gasteiger charge is -2.28. The Kier molecular flexibility index (Phi) is 4.42. The van der Waals surface area contributed by atoms with Gasteiger partial charge in [-0.05, 0) is 43.9 Å². The Morgan fingerprint density at radius 2 is 2.36 bits per heavy atom. The Balaban J connectivity index is 1.49. The maximum atomic E-state index is 12.1. The van der Waals surface area contributed by atoms with Crippen LogP contribution in [-0.2, 0) is 4.79 Å². The van der Waals surface area contributed by atoms with Gasteiger partial charge >= 0.3 is 0 Å². The van der Waals surface area contributed by atoms with Crippen LogP contribution in [0.4, 0.5) is 5.82 Å². The van der Waals surface area contributed by atoms with Crippen molar-refractivity contribution in [2.45, 2.75) is 43.8 Å². The van der Waals surface area contributed by atoms with Gasteiger partial charge in [-0.3, -0.25) is 9.59 Å². The summed E-state index contributed by atoms with van der Waals surface area (Å²) in [6.07, 6.45) is 5.28. The number of amides is 1. The molecular formula is C15H22N4O2S. The first-order chi connectivity index (χ1) is 10.5. The molecule has 3 rings (SSSR count). The molecule has 0 spiro atoms. The summed E-state index contributed by atoms with van der Waals surface area (Å²) in [7, 11) is 0. The zero-order valence-corrected chi connectivity index (χ0v) is 13.5. The highest BCUT2D eigenvalue weighted by atomic mass is 32.2. The second-order valence-corrected chi connectivity index (χ2v) is 7.42. The van der Waals surface area contributed by atoms with Crippen molar-refractivity contribution in [3.63, 3.8) is 0 Å². The van der Waals surface area contributed by atoms with E-state index in [4.69, 9.17) is 5.73 Å². The van der Waals surface area contributed by atoms with E-state index < -0.39 is 0 Å². The summed E-state index contributed by atoms with van der Waals surface area (Å²) in [5, 5.41) is 3.48. The van der Waals surface area contributed by atoms with E-state index in [9.17, 15) is 9.59 Å². The molecule has 0 radical (unpaired) electrons. The molecule has 2 saturated carbocycles. The number of aromatic nitrogens is 2. The van der Waals surface area contributed by atoms with Crippen LogP contribution in [0.15, 0.2) is 16.0 Å². The van der Waals surface area contributed by atoms with Crippen molar-refractivity contribution in [1.29, 1.82) is 0 Å². The molecule has 1 heterocycles. The Bertz CT molecular complexity index is 618. The van der Waals surface area contributed by atoms with Crippen LogP contribution in [0.2, 0.25) is 0 Å². The fourth-order valence-corrected chi connectivity index (χ4v) is 4.66. The Hall–Kier alpha value is -1.50. The first-order valence-electron chi connectivity index (χ1n) is 7.80. The van der Waals surface area contributed by atoms with E-state index in [0.717, 1.165) is 11.8 Å². The van der Waals surface area contributed by atoms with E-state index in [1.807, 2.05) is 0 Å². The number of fused-ring (bicyclic) bond motifs is 2. The third-order valence-corrected chi connectivity index (χ3v) is 5.78. The van der Waals surface area contributed by atoms with Crippen molar-refractivity contribution < 1.29 is 4.79 Å². The molecule has 1 amide bonds. The summed E-state index contributed by atoms with van der Waals surface area (Å²) in [5.41, 5.74) is 5.22. The number of aromatic amines is 1. The second-order valence-electron chi connectivity index (χ2n) is 6.46. The van der Waals surface area contributed by atoms with E-state index >= 15 is 0 Å². The second kappa shape index (κ2) is 6.32. The minimum Gasteiger partial charge on any atom is -0.383 e. The summed E-state index contributed by atoms with van der Waals surface area (Å²) < 4.78 is 0. The fourth-order valence-electron chi connectivity index (χ4n) is 3.96. The van der Waals surface area contributed by atoms with Gasteiger partial charge < -0.3 is 16.0 Å². The minimum absolute atomic E-state index is 0.0228. The molecule has 0 saturated heterocycles. The molecule has 1 aromatic rings. The molecule has 0 aliphatic heterocycles. The highest BCUT2D eigenvalue weighted by Gasteiger charge is 2.42. The summed E-state index contributed by atoms with van der Waals surface area (Å²) >= 11 is 1.20. The minimum atomic E-state index is -0.300. The van der Waals surface area contributed by atoms with E-state index in [1.54, 1.807) is 0 Å². The van der Waals surface area contributed by atoms with Gasteiger partial charge in [-0.25, -0.2) is 4.98 Å². The van der Waals surface area contributed by atoms with Crippen molar-refractivity contribution in [3.8, 4) is 0 Å². The van der Waals surface area contributed by atoms with Crippen molar-refractivity contribution >= 4 is 23.5 Å². The van der Waals surface area contributed by atoms with Gasteiger partial charge in [0.2, 0.25) is 5.91 Å². The molecule has 0 aromatic carbocycles. The first-order valence-corrected chi connectivity index (χ1v) is 8.79. The lowest BCUT2D eigenvalue weighted by atomic mass is 9.84. The van der Waals surface area contributed by atoms with Crippen LogP contribution in [0, 0.1) is 17.8 Å². The van der Waals surface area contributed by atoms with Crippen LogP contribution in [0.25, 0.3) is 0 Å². The van der Waals surface area contributed by atoms with Crippen molar-refractivity contribution in [2.75, 3.05) is 11.5 Å². The fraction of sp³-hybridized carbons (Fsp3) is 0.667. The monoisotopic (exact) mass is 322 g/mol. The van der Waals surface area contributed by atoms with Gasteiger partial charge in [0.25, 0.3) is 5.56 Å². The van der Waals surface area contributed by atoms with Gasteiger partial charge in [-0.1, -0.05) is 18.2 Å². The number of H-pyrrole nitrogens is 1. The van der Waals surface area contributed by atoms with Crippen LogP contribution in [0.3, 0.4) is 0 Å².